The average Bonchev–Trinajstić information content (AvgIpc) is 2.04. The van der Waals surface area contributed by atoms with Gasteiger partial charge in [0.1, 0.15) is 13.6 Å². The Morgan fingerprint density at radius 1 is 1.57 bits per heavy atom. The number of carbonyl (C=O) groups is 1. The lowest BCUT2D eigenvalue weighted by Crippen LogP contribution is -2.28. The smallest absolute Gasteiger partial charge is 0.433 e. The van der Waals surface area contributed by atoms with Gasteiger partial charge < -0.3 is 4.74 Å². The van der Waals surface area contributed by atoms with Crippen LogP contribution < -0.4 is 0 Å². The van der Waals surface area contributed by atoms with Crippen molar-refractivity contribution >= 4 is 19.5 Å². The molecule has 0 atom stereocenters. The van der Waals surface area contributed by atoms with Crippen LogP contribution >= 0.6 is 0 Å². The molecule has 1 N–H and O–H groups in total. The van der Waals surface area contributed by atoms with Gasteiger partial charge in [-0.25, -0.2) is 4.79 Å². The second kappa shape index (κ2) is 4.83. The Morgan fingerprint density at radius 2 is 2.07 bits per heavy atom. The van der Waals surface area contributed by atoms with Crippen LogP contribution in [0.4, 0.5) is 13.2 Å². The summed E-state index contributed by atoms with van der Waals surface area (Å²) < 4.78 is 40.4. The van der Waals surface area contributed by atoms with Crippen molar-refractivity contribution in [2.45, 2.75) is 13.1 Å². The van der Waals surface area contributed by atoms with Crippen LogP contribution in [0.1, 0.15) is 6.92 Å². The molecule has 3 nitrogen and oxygen atoms in total. The quantitative estimate of drug-likeness (QED) is 0.319. The van der Waals surface area contributed by atoms with Crippen molar-refractivity contribution in [3.8, 4) is 0 Å². The van der Waals surface area contributed by atoms with E-state index in [-0.39, 0.29) is 6.61 Å². The predicted molar refractivity (Wildman–Crippen MR) is 47.0 cm³/mol. The van der Waals surface area contributed by atoms with Crippen molar-refractivity contribution in [3.63, 3.8) is 0 Å². The molecule has 0 spiro atoms. The minimum absolute atomic E-state index is 0.0265. The molecule has 0 aromatic heterocycles. The van der Waals surface area contributed by atoms with Gasteiger partial charge in [-0.3, -0.25) is 5.41 Å². The SMILES string of the molecule is B/C=C(\C(=N)C(F)(F)F)C(=O)OCC. The summed E-state index contributed by atoms with van der Waals surface area (Å²) in [4.78, 5) is 10.9. The highest BCUT2D eigenvalue weighted by atomic mass is 19.4. The van der Waals surface area contributed by atoms with E-state index in [1.54, 1.807) is 0 Å². The molecular weight excluding hydrogens is 198 g/mol. The lowest BCUT2D eigenvalue weighted by atomic mass is 10.0. The number of hydrogen-bond donors (Lipinski definition) is 1. The minimum Gasteiger partial charge on any atom is -0.462 e. The number of carbonyl (C=O) groups excluding carboxylic acids is 1. The summed E-state index contributed by atoms with van der Waals surface area (Å²) in [6.07, 6.45) is -4.82. The zero-order chi connectivity index (χ0) is 11.4. The Bertz CT molecular complexity index is 273. The predicted octanol–water partition coefficient (Wildman–Crippen LogP) is 0.649. The number of hydrogen-bond acceptors (Lipinski definition) is 3. The van der Waals surface area contributed by atoms with Gasteiger partial charge in [-0.1, -0.05) is 0 Å². The summed E-state index contributed by atoms with van der Waals surface area (Å²) in [7, 11) is 1.24. The molecule has 0 aromatic carbocycles. The second-order valence-corrected chi connectivity index (χ2v) is 2.30. The van der Waals surface area contributed by atoms with E-state index in [0.717, 1.165) is 5.98 Å². The fourth-order valence-corrected chi connectivity index (χ4v) is 0.726. The van der Waals surface area contributed by atoms with Gasteiger partial charge in [0.25, 0.3) is 0 Å². The Morgan fingerprint density at radius 3 is 2.36 bits per heavy atom. The van der Waals surface area contributed by atoms with Crippen LogP contribution in [0.3, 0.4) is 0 Å². The fraction of sp³-hybridized carbons (Fsp3) is 0.429. The molecule has 0 saturated carbocycles. The van der Waals surface area contributed by atoms with Crippen LogP contribution in [0.15, 0.2) is 11.5 Å². The highest BCUT2D eigenvalue weighted by molar-refractivity contribution is 6.29. The second-order valence-electron chi connectivity index (χ2n) is 2.30. The first-order chi connectivity index (χ1) is 6.34. The van der Waals surface area contributed by atoms with E-state index in [2.05, 4.69) is 4.74 Å². The van der Waals surface area contributed by atoms with Crippen LogP contribution in [-0.4, -0.2) is 32.3 Å². The molecule has 0 rings (SSSR count). The Labute approximate surface area is 79.8 Å². The van der Waals surface area contributed by atoms with Gasteiger partial charge in [0.2, 0.25) is 0 Å². The summed E-state index contributed by atoms with van der Waals surface area (Å²) in [5, 5.41) is 6.71. The molecule has 0 unspecified atom stereocenters. The number of halogens is 3. The van der Waals surface area contributed by atoms with E-state index in [1.165, 1.54) is 14.8 Å². The van der Waals surface area contributed by atoms with Crippen molar-refractivity contribution < 1.29 is 22.7 Å². The van der Waals surface area contributed by atoms with Gasteiger partial charge >= 0.3 is 12.1 Å². The summed E-state index contributed by atoms with van der Waals surface area (Å²) >= 11 is 0. The van der Waals surface area contributed by atoms with Gasteiger partial charge in [0.15, 0.2) is 0 Å². The first-order valence-corrected chi connectivity index (χ1v) is 3.84. The lowest BCUT2D eigenvalue weighted by molar-refractivity contribution is -0.138. The average molecular weight is 207 g/mol. The molecule has 0 aliphatic rings. The topological polar surface area (TPSA) is 50.2 Å². The normalized spacial score (nSPS) is 12.4. The maximum atomic E-state index is 12.0. The van der Waals surface area contributed by atoms with E-state index in [4.69, 9.17) is 5.41 Å². The van der Waals surface area contributed by atoms with Gasteiger partial charge in [-0.15, -0.1) is 5.98 Å². The lowest BCUT2D eigenvalue weighted by Gasteiger charge is -2.10. The molecule has 0 heterocycles. The third-order valence-corrected chi connectivity index (χ3v) is 1.34. The molecule has 0 aliphatic carbocycles. The highest BCUT2D eigenvalue weighted by Crippen LogP contribution is 2.21. The molecule has 0 aromatic rings. The number of alkyl halides is 3. The third-order valence-electron chi connectivity index (χ3n) is 1.34. The summed E-state index contributed by atoms with van der Waals surface area (Å²) in [5.41, 5.74) is -2.45. The first kappa shape index (κ1) is 12.7. The maximum Gasteiger partial charge on any atom is 0.433 e. The van der Waals surface area contributed by atoms with E-state index < -0.39 is 23.4 Å². The van der Waals surface area contributed by atoms with Gasteiger partial charge in [-0.2, -0.15) is 13.2 Å². The van der Waals surface area contributed by atoms with Crippen LogP contribution in [0, 0.1) is 5.41 Å². The van der Waals surface area contributed by atoms with E-state index in [0.29, 0.717) is 0 Å². The molecule has 0 fully saturated rings. The molecule has 7 heteroatoms. The molecule has 0 radical (unpaired) electrons. The van der Waals surface area contributed by atoms with E-state index in [9.17, 15) is 18.0 Å². The molecule has 78 valence electrons. The maximum absolute atomic E-state index is 12.0. The molecule has 0 amide bonds. The Hall–Kier alpha value is -1.27. The van der Waals surface area contributed by atoms with Crippen LogP contribution in [0.2, 0.25) is 0 Å². The van der Waals surface area contributed by atoms with Crippen molar-refractivity contribution in [1.82, 2.24) is 0 Å². The zero-order valence-corrected chi connectivity index (χ0v) is 7.73. The monoisotopic (exact) mass is 207 g/mol. The summed E-state index contributed by atoms with van der Waals surface area (Å²) in [6, 6.07) is 0. The van der Waals surface area contributed by atoms with Crippen molar-refractivity contribution in [2.75, 3.05) is 6.61 Å². The molecule has 0 aliphatic heterocycles. The fourth-order valence-electron chi connectivity index (χ4n) is 0.726. The van der Waals surface area contributed by atoms with Crippen LogP contribution in [0.25, 0.3) is 0 Å². The number of rotatable bonds is 3. The van der Waals surface area contributed by atoms with Crippen molar-refractivity contribution in [2.24, 2.45) is 0 Å². The van der Waals surface area contributed by atoms with Crippen LogP contribution in [0.5, 0.6) is 0 Å². The van der Waals surface area contributed by atoms with E-state index >= 15 is 0 Å². The molecule has 0 bridgehead atoms. The Kier molecular flexibility index (Phi) is 4.39. The number of ether oxygens (including phenoxy) is 1. The van der Waals surface area contributed by atoms with Gasteiger partial charge in [0, 0.05) is 0 Å². The van der Waals surface area contributed by atoms with Gasteiger partial charge in [0.05, 0.1) is 12.2 Å². The standard InChI is InChI=1S/C7H9BF3NO2/c1-2-14-6(13)4(3-8)5(12)7(9,10)11/h3,12H,2,8H2,1H3/b4-3+,12-5?. The number of esters is 1. The highest BCUT2D eigenvalue weighted by Gasteiger charge is 2.38. The zero-order valence-electron chi connectivity index (χ0n) is 7.73. The first-order valence-electron chi connectivity index (χ1n) is 3.84. The minimum atomic E-state index is -4.82. The molecular formula is C7H9BF3NO2. The van der Waals surface area contributed by atoms with Crippen molar-refractivity contribution in [3.05, 3.63) is 11.5 Å². The van der Waals surface area contributed by atoms with E-state index in [1.807, 2.05) is 0 Å². The summed E-state index contributed by atoms with van der Waals surface area (Å²) in [6.45, 7) is 1.45. The van der Waals surface area contributed by atoms with Crippen molar-refractivity contribution in [1.29, 1.82) is 5.41 Å². The largest absolute Gasteiger partial charge is 0.462 e. The number of nitrogens with one attached hydrogen (secondary N) is 1. The van der Waals surface area contributed by atoms with Crippen LogP contribution in [-0.2, 0) is 9.53 Å². The summed E-state index contributed by atoms with van der Waals surface area (Å²) in [5.74, 6) is -0.217. The molecule has 0 saturated heterocycles. The van der Waals surface area contributed by atoms with Gasteiger partial charge in [-0.05, 0) is 6.92 Å². The molecule has 14 heavy (non-hydrogen) atoms. The Balaban J connectivity index is 4.77. The third kappa shape index (κ3) is 3.23.